The fraction of sp³-hybridized carbons (Fsp3) is 0.300. The van der Waals surface area contributed by atoms with Gasteiger partial charge in [0.05, 0.1) is 11.4 Å². The maximum atomic E-state index is 4.54. The van der Waals surface area contributed by atoms with Crippen molar-refractivity contribution in [2.45, 2.75) is 39.5 Å². The van der Waals surface area contributed by atoms with Crippen LogP contribution < -0.4 is 0 Å². The quantitative estimate of drug-likeness (QED) is 0.600. The first-order valence-corrected chi connectivity index (χ1v) is 7.84. The van der Waals surface area contributed by atoms with Gasteiger partial charge in [-0.1, -0.05) is 64.1 Å². The van der Waals surface area contributed by atoms with Crippen molar-refractivity contribution in [1.29, 1.82) is 0 Å². The Morgan fingerprint density at radius 1 is 0.636 bits per heavy atom. The molecule has 0 atom stereocenters. The van der Waals surface area contributed by atoms with E-state index in [-0.39, 0.29) is 0 Å². The Labute approximate surface area is 133 Å². The minimum atomic E-state index is 0.465. The third kappa shape index (κ3) is 4.14. The van der Waals surface area contributed by atoms with Gasteiger partial charge in [0.25, 0.3) is 0 Å². The van der Waals surface area contributed by atoms with Gasteiger partial charge in [-0.25, -0.2) is 0 Å². The fourth-order valence-corrected chi connectivity index (χ4v) is 2.41. The van der Waals surface area contributed by atoms with Gasteiger partial charge in [0.1, 0.15) is 0 Å². The van der Waals surface area contributed by atoms with Gasteiger partial charge in [-0.15, -0.1) is 0 Å². The zero-order chi connectivity index (χ0) is 15.9. The maximum Gasteiger partial charge on any atom is 0.0664 e. The minimum absolute atomic E-state index is 0.465. The van der Waals surface area contributed by atoms with Gasteiger partial charge < -0.3 is 0 Å². The van der Waals surface area contributed by atoms with Gasteiger partial charge in [0.15, 0.2) is 0 Å². The summed E-state index contributed by atoms with van der Waals surface area (Å²) < 4.78 is 0. The molecule has 0 bridgehead atoms. The second-order valence-electron chi connectivity index (χ2n) is 5.98. The van der Waals surface area contributed by atoms with Gasteiger partial charge in [-0.2, -0.15) is 0 Å². The Kier molecular flexibility index (Phi) is 5.65. The van der Waals surface area contributed by atoms with Crippen LogP contribution in [0.3, 0.4) is 0 Å². The van der Waals surface area contributed by atoms with E-state index in [0.29, 0.717) is 11.8 Å². The second-order valence-corrected chi connectivity index (χ2v) is 5.98. The van der Waals surface area contributed by atoms with Gasteiger partial charge in [-0.3, -0.25) is 9.98 Å². The Morgan fingerprint density at radius 3 is 1.36 bits per heavy atom. The molecule has 0 radical (unpaired) electrons. The molecule has 0 aliphatic carbocycles. The van der Waals surface area contributed by atoms with Crippen LogP contribution in [0.2, 0.25) is 0 Å². The average Bonchev–Trinajstić information content (AvgIpc) is 2.52. The number of hydrogen-bond donors (Lipinski definition) is 0. The average molecular weight is 292 g/mol. The Morgan fingerprint density at radius 2 is 1.00 bits per heavy atom. The highest BCUT2D eigenvalue weighted by molar-refractivity contribution is 6.17. The van der Waals surface area contributed by atoms with Crippen molar-refractivity contribution < 1.29 is 0 Å². The van der Waals surface area contributed by atoms with E-state index in [1.165, 1.54) is 11.1 Å². The molecule has 22 heavy (non-hydrogen) atoms. The molecule has 2 aromatic carbocycles. The van der Waals surface area contributed by atoms with Crippen molar-refractivity contribution in [3.63, 3.8) is 0 Å². The highest BCUT2D eigenvalue weighted by Gasteiger charge is 2.04. The lowest BCUT2D eigenvalue weighted by atomic mass is 10.0. The minimum Gasteiger partial charge on any atom is -0.255 e. The van der Waals surface area contributed by atoms with E-state index in [1.807, 2.05) is 24.3 Å². The summed E-state index contributed by atoms with van der Waals surface area (Å²) >= 11 is 0. The van der Waals surface area contributed by atoms with Crippen molar-refractivity contribution >= 4 is 23.8 Å². The predicted octanol–water partition coefficient (Wildman–Crippen LogP) is 6.04. The van der Waals surface area contributed by atoms with Gasteiger partial charge in [-0.05, 0) is 35.1 Å². The van der Waals surface area contributed by atoms with Gasteiger partial charge in [0, 0.05) is 12.4 Å². The molecule has 0 aliphatic heterocycles. The summed E-state index contributed by atoms with van der Waals surface area (Å²) in [5.41, 5.74) is 4.55. The van der Waals surface area contributed by atoms with Crippen molar-refractivity contribution in [2.75, 3.05) is 0 Å². The van der Waals surface area contributed by atoms with E-state index in [4.69, 9.17) is 0 Å². The van der Waals surface area contributed by atoms with Crippen molar-refractivity contribution in [1.82, 2.24) is 0 Å². The zero-order valence-corrected chi connectivity index (χ0v) is 13.8. The number of benzene rings is 2. The SMILES string of the molecule is CC(C)c1ccccc1N=CC=Nc1ccccc1C(C)C. The molecule has 114 valence electrons. The number of rotatable bonds is 5. The van der Waals surface area contributed by atoms with E-state index in [2.05, 4.69) is 61.9 Å². The molecule has 2 aromatic rings. The van der Waals surface area contributed by atoms with Gasteiger partial charge in [0.2, 0.25) is 0 Å². The molecule has 0 aliphatic rings. The van der Waals surface area contributed by atoms with Crippen LogP contribution in [0.25, 0.3) is 0 Å². The van der Waals surface area contributed by atoms with E-state index < -0.39 is 0 Å². The van der Waals surface area contributed by atoms with Crippen LogP contribution in [-0.2, 0) is 0 Å². The topological polar surface area (TPSA) is 24.7 Å². The first-order valence-electron chi connectivity index (χ1n) is 7.84. The molecule has 2 nitrogen and oxygen atoms in total. The molecular weight excluding hydrogens is 268 g/mol. The monoisotopic (exact) mass is 292 g/mol. The number of aliphatic imine (C=N–C) groups is 2. The van der Waals surface area contributed by atoms with E-state index in [9.17, 15) is 0 Å². The highest BCUT2D eigenvalue weighted by atomic mass is 14.8. The molecule has 0 N–H and O–H groups in total. The van der Waals surface area contributed by atoms with E-state index in [0.717, 1.165) is 11.4 Å². The fourth-order valence-electron chi connectivity index (χ4n) is 2.41. The molecule has 2 heteroatoms. The molecule has 0 saturated carbocycles. The Hall–Kier alpha value is -2.22. The molecule has 0 spiro atoms. The smallest absolute Gasteiger partial charge is 0.0664 e. The third-order valence-electron chi connectivity index (χ3n) is 3.61. The Bertz CT molecular complexity index is 607. The number of hydrogen-bond acceptors (Lipinski definition) is 2. The number of para-hydroxylation sites is 2. The predicted molar refractivity (Wildman–Crippen MR) is 97.4 cm³/mol. The summed E-state index contributed by atoms with van der Waals surface area (Å²) in [4.78, 5) is 9.09. The first-order chi connectivity index (χ1) is 10.6. The lowest BCUT2D eigenvalue weighted by Crippen LogP contribution is -1.89. The van der Waals surface area contributed by atoms with Crippen molar-refractivity contribution in [3.05, 3.63) is 59.7 Å². The van der Waals surface area contributed by atoms with E-state index >= 15 is 0 Å². The van der Waals surface area contributed by atoms with Crippen LogP contribution in [0, 0.1) is 0 Å². The van der Waals surface area contributed by atoms with Crippen LogP contribution in [0.1, 0.15) is 50.7 Å². The maximum absolute atomic E-state index is 4.54. The summed E-state index contributed by atoms with van der Waals surface area (Å²) in [5.74, 6) is 0.930. The summed E-state index contributed by atoms with van der Waals surface area (Å²) in [7, 11) is 0. The summed E-state index contributed by atoms with van der Waals surface area (Å²) in [5, 5.41) is 0. The summed E-state index contributed by atoms with van der Waals surface area (Å²) in [6.45, 7) is 8.73. The summed E-state index contributed by atoms with van der Waals surface area (Å²) in [6, 6.07) is 16.5. The van der Waals surface area contributed by atoms with Crippen LogP contribution in [0.15, 0.2) is 58.5 Å². The molecule has 0 fully saturated rings. The lowest BCUT2D eigenvalue weighted by Gasteiger charge is -2.08. The molecule has 0 saturated heterocycles. The normalized spacial score (nSPS) is 12.1. The molecule has 0 heterocycles. The van der Waals surface area contributed by atoms with Crippen LogP contribution >= 0.6 is 0 Å². The number of nitrogens with zero attached hydrogens (tertiary/aromatic N) is 2. The lowest BCUT2D eigenvalue weighted by molar-refractivity contribution is 0.867. The molecule has 0 amide bonds. The zero-order valence-electron chi connectivity index (χ0n) is 13.8. The van der Waals surface area contributed by atoms with Crippen LogP contribution in [0.4, 0.5) is 11.4 Å². The third-order valence-corrected chi connectivity index (χ3v) is 3.61. The standard InChI is InChI=1S/C20H24N2/c1-15(2)17-9-5-7-11-19(17)21-13-14-22-20-12-8-6-10-18(20)16(3)4/h5-16H,1-4H3. The van der Waals surface area contributed by atoms with Gasteiger partial charge >= 0.3 is 0 Å². The van der Waals surface area contributed by atoms with E-state index in [1.54, 1.807) is 12.4 Å². The van der Waals surface area contributed by atoms with Crippen molar-refractivity contribution in [2.24, 2.45) is 9.98 Å². The Balaban J connectivity index is 2.17. The molecule has 2 rings (SSSR count). The first kappa shape index (κ1) is 16.2. The molecule has 0 unspecified atom stereocenters. The van der Waals surface area contributed by atoms with Crippen LogP contribution in [0.5, 0.6) is 0 Å². The highest BCUT2D eigenvalue weighted by Crippen LogP contribution is 2.27. The largest absolute Gasteiger partial charge is 0.255 e. The molecular formula is C20H24N2. The van der Waals surface area contributed by atoms with Crippen molar-refractivity contribution in [3.8, 4) is 0 Å². The summed E-state index contributed by atoms with van der Waals surface area (Å²) in [6.07, 6.45) is 3.55. The second kappa shape index (κ2) is 7.69. The molecule has 0 aromatic heterocycles. The van der Waals surface area contributed by atoms with Crippen LogP contribution in [-0.4, -0.2) is 12.4 Å².